The molecule has 4 rings (SSSR count). The summed E-state index contributed by atoms with van der Waals surface area (Å²) in [6.45, 7) is 3.65. The van der Waals surface area contributed by atoms with Crippen molar-refractivity contribution in [3.63, 3.8) is 0 Å². The molecule has 0 aliphatic heterocycles. The number of aromatic nitrogens is 1. The molecule has 0 bridgehead atoms. The standard InChI is InChI=1S/C22H18N2O3S2.Na/c1-14-3-10-18(11-4-14)23-13-16-6-8-17(9-7-16)22-24-19-12-5-15(2)21(20(19)28-22)29(25,26)27;/h3-13H,1-2H3,(H,25,26,27);/q;+1/p-1. The molecule has 0 aliphatic carbocycles. The second-order valence-corrected chi connectivity index (χ2v) is 9.06. The molecule has 8 heteroatoms. The van der Waals surface area contributed by atoms with Crippen LogP contribution < -0.4 is 29.6 Å². The molecule has 0 saturated heterocycles. The first kappa shape index (κ1) is 22.8. The fraction of sp³-hybridized carbons (Fsp3) is 0.0909. The van der Waals surface area contributed by atoms with Gasteiger partial charge in [0.05, 0.1) is 20.8 Å². The van der Waals surface area contributed by atoms with Crippen LogP contribution in [0.1, 0.15) is 16.7 Å². The van der Waals surface area contributed by atoms with Crippen molar-refractivity contribution in [2.45, 2.75) is 18.7 Å². The Morgan fingerprint density at radius 2 is 1.63 bits per heavy atom. The Kier molecular flexibility index (Phi) is 6.91. The Hall–Kier alpha value is -1.87. The van der Waals surface area contributed by atoms with E-state index in [1.165, 1.54) is 16.9 Å². The van der Waals surface area contributed by atoms with Gasteiger partial charge in [-0.2, -0.15) is 0 Å². The van der Waals surface area contributed by atoms with Crippen LogP contribution in [0.5, 0.6) is 0 Å². The quantitative estimate of drug-likeness (QED) is 0.275. The molecule has 5 nitrogen and oxygen atoms in total. The fourth-order valence-electron chi connectivity index (χ4n) is 2.99. The van der Waals surface area contributed by atoms with E-state index in [4.69, 9.17) is 0 Å². The molecule has 0 aliphatic rings. The SMILES string of the molecule is Cc1ccc(N=Cc2ccc(-c3nc4ccc(C)c(S(=O)(=O)[O-])c4s3)cc2)cc1.[Na+]. The minimum atomic E-state index is -4.57. The van der Waals surface area contributed by atoms with E-state index in [1.54, 1.807) is 25.3 Å². The van der Waals surface area contributed by atoms with Gasteiger partial charge < -0.3 is 4.55 Å². The molecule has 146 valence electrons. The monoisotopic (exact) mass is 444 g/mol. The van der Waals surface area contributed by atoms with Crippen molar-refractivity contribution in [2.75, 3.05) is 0 Å². The van der Waals surface area contributed by atoms with Gasteiger partial charge in [-0.15, -0.1) is 11.3 Å². The molecular formula is C22H17N2NaO3S2. The molecule has 0 atom stereocenters. The van der Waals surface area contributed by atoms with Crippen LogP contribution >= 0.6 is 11.3 Å². The number of rotatable bonds is 4. The van der Waals surface area contributed by atoms with Crippen molar-refractivity contribution >= 4 is 43.6 Å². The summed E-state index contributed by atoms with van der Waals surface area (Å²) in [7, 11) is -4.57. The molecule has 0 saturated carbocycles. The molecule has 0 amide bonds. The van der Waals surface area contributed by atoms with E-state index in [0.717, 1.165) is 16.8 Å². The second-order valence-electron chi connectivity index (χ2n) is 6.75. The molecule has 1 heterocycles. The van der Waals surface area contributed by atoms with Gasteiger partial charge in [0.2, 0.25) is 0 Å². The number of aryl methyl sites for hydroxylation is 2. The molecule has 1 aromatic heterocycles. The average molecular weight is 445 g/mol. The third-order valence-electron chi connectivity index (χ3n) is 4.51. The van der Waals surface area contributed by atoms with Crippen LogP contribution in [0, 0.1) is 13.8 Å². The number of aliphatic imine (C=N–C) groups is 1. The molecule has 0 unspecified atom stereocenters. The molecule has 0 radical (unpaired) electrons. The zero-order valence-corrected chi connectivity index (χ0v) is 20.4. The number of hydrogen-bond donors (Lipinski definition) is 0. The van der Waals surface area contributed by atoms with E-state index < -0.39 is 10.1 Å². The number of fused-ring (bicyclic) bond motifs is 1. The summed E-state index contributed by atoms with van der Waals surface area (Å²) >= 11 is 1.21. The van der Waals surface area contributed by atoms with Gasteiger partial charge in [-0.25, -0.2) is 13.4 Å². The first-order valence-corrected chi connectivity index (χ1v) is 11.1. The Balaban J connectivity index is 0.00000256. The predicted octanol–water partition coefficient (Wildman–Crippen LogP) is 2.24. The largest absolute Gasteiger partial charge is 1.00 e. The van der Waals surface area contributed by atoms with Gasteiger partial charge in [-0.3, -0.25) is 4.99 Å². The fourth-order valence-corrected chi connectivity index (χ4v) is 5.28. The van der Waals surface area contributed by atoms with Gasteiger partial charge in [0, 0.05) is 11.8 Å². The van der Waals surface area contributed by atoms with E-state index in [0.29, 0.717) is 20.8 Å². The first-order chi connectivity index (χ1) is 13.8. The van der Waals surface area contributed by atoms with Crippen LogP contribution in [0.4, 0.5) is 5.69 Å². The minimum absolute atomic E-state index is 0. The van der Waals surface area contributed by atoms with Gasteiger partial charge in [0.1, 0.15) is 15.1 Å². The van der Waals surface area contributed by atoms with Gasteiger partial charge in [0.25, 0.3) is 0 Å². The third-order valence-corrected chi connectivity index (χ3v) is 6.81. The second kappa shape index (κ2) is 9.09. The van der Waals surface area contributed by atoms with Crippen molar-refractivity contribution in [3.8, 4) is 10.6 Å². The summed E-state index contributed by atoms with van der Waals surface area (Å²) in [5.74, 6) is 0. The molecule has 0 spiro atoms. The third kappa shape index (κ3) is 4.88. The number of hydrogen-bond acceptors (Lipinski definition) is 6. The van der Waals surface area contributed by atoms with Crippen molar-refractivity contribution < 1.29 is 42.5 Å². The van der Waals surface area contributed by atoms with E-state index in [2.05, 4.69) is 9.98 Å². The van der Waals surface area contributed by atoms with Gasteiger partial charge in [-0.05, 0) is 43.2 Å². The van der Waals surface area contributed by atoms with Crippen molar-refractivity contribution in [2.24, 2.45) is 4.99 Å². The molecule has 30 heavy (non-hydrogen) atoms. The van der Waals surface area contributed by atoms with Crippen LogP contribution in [0.15, 0.2) is 70.6 Å². The van der Waals surface area contributed by atoms with Gasteiger partial charge in [-0.1, -0.05) is 48.0 Å². The number of thiazole rings is 1. The Morgan fingerprint density at radius 3 is 2.27 bits per heavy atom. The molecule has 4 aromatic rings. The maximum Gasteiger partial charge on any atom is 1.00 e. The Bertz CT molecular complexity index is 1330. The molecule has 0 N–H and O–H groups in total. The summed E-state index contributed by atoms with van der Waals surface area (Å²) in [5, 5.41) is 0.664. The number of nitrogens with zero attached hydrogens (tertiary/aromatic N) is 2. The molecular weight excluding hydrogens is 427 g/mol. The predicted molar refractivity (Wildman–Crippen MR) is 116 cm³/mol. The maximum atomic E-state index is 11.7. The maximum absolute atomic E-state index is 11.7. The van der Waals surface area contributed by atoms with E-state index >= 15 is 0 Å². The zero-order chi connectivity index (χ0) is 20.6. The Labute approximate surface area is 201 Å². The van der Waals surface area contributed by atoms with Crippen LogP contribution in [-0.4, -0.2) is 24.2 Å². The van der Waals surface area contributed by atoms with Gasteiger partial charge >= 0.3 is 29.6 Å². The van der Waals surface area contributed by atoms with Crippen LogP contribution in [0.25, 0.3) is 20.8 Å². The van der Waals surface area contributed by atoms with Crippen molar-refractivity contribution in [1.82, 2.24) is 4.98 Å². The smallest absolute Gasteiger partial charge is 0.744 e. The summed E-state index contributed by atoms with van der Waals surface area (Å²) in [6, 6.07) is 19.0. The summed E-state index contributed by atoms with van der Waals surface area (Å²) in [5.41, 5.74) is 4.81. The van der Waals surface area contributed by atoms with Crippen LogP contribution in [0.2, 0.25) is 0 Å². The van der Waals surface area contributed by atoms with E-state index in [9.17, 15) is 13.0 Å². The van der Waals surface area contributed by atoms with Crippen LogP contribution in [-0.2, 0) is 10.1 Å². The number of benzene rings is 3. The van der Waals surface area contributed by atoms with Crippen molar-refractivity contribution in [1.29, 1.82) is 0 Å². The normalized spacial score (nSPS) is 11.7. The molecule has 3 aromatic carbocycles. The minimum Gasteiger partial charge on any atom is -0.744 e. The van der Waals surface area contributed by atoms with E-state index in [-0.39, 0.29) is 34.5 Å². The first-order valence-electron chi connectivity index (χ1n) is 8.88. The summed E-state index contributed by atoms with van der Waals surface area (Å²) in [6.07, 6.45) is 1.79. The summed E-state index contributed by atoms with van der Waals surface area (Å²) in [4.78, 5) is 8.79. The molecule has 0 fully saturated rings. The van der Waals surface area contributed by atoms with Crippen molar-refractivity contribution in [3.05, 3.63) is 77.4 Å². The van der Waals surface area contributed by atoms with E-state index in [1.807, 2.05) is 55.5 Å². The average Bonchev–Trinajstić information content (AvgIpc) is 3.10. The topological polar surface area (TPSA) is 82.5 Å². The van der Waals surface area contributed by atoms with Crippen LogP contribution in [0.3, 0.4) is 0 Å². The Morgan fingerprint density at radius 1 is 0.967 bits per heavy atom. The van der Waals surface area contributed by atoms with Gasteiger partial charge in [0.15, 0.2) is 0 Å². The summed E-state index contributed by atoms with van der Waals surface area (Å²) < 4.78 is 35.4. The zero-order valence-electron chi connectivity index (χ0n) is 16.8.